The number of imidazole rings is 1. The van der Waals surface area contributed by atoms with Crippen LogP contribution in [0.1, 0.15) is 22.7 Å². The fraction of sp³-hybridized carbons (Fsp3) is 0.136. The number of aromatic amines is 1. The SMILES string of the molecule is Fc1cccc(-c2nc3c([nH]2)CN(Cc2cc(-c4ccc(Br)cc4C(F)(F)F)no2)N=C3)c1F. The maximum atomic E-state index is 14.1. The minimum atomic E-state index is -4.56. The number of fused-ring (bicyclic) bond motifs is 1. The Morgan fingerprint density at radius 3 is 2.71 bits per heavy atom. The van der Waals surface area contributed by atoms with E-state index in [0.29, 0.717) is 21.6 Å². The first-order valence-electron chi connectivity index (χ1n) is 9.84. The van der Waals surface area contributed by atoms with E-state index in [1.165, 1.54) is 36.5 Å². The molecule has 0 spiro atoms. The molecule has 0 amide bonds. The predicted octanol–water partition coefficient (Wildman–Crippen LogP) is 6.14. The van der Waals surface area contributed by atoms with Gasteiger partial charge in [-0.2, -0.15) is 18.3 Å². The number of H-pyrrole nitrogens is 1. The normalized spacial score (nSPS) is 13.4. The van der Waals surface area contributed by atoms with Gasteiger partial charge in [0.15, 0.2) is 17.4 Å². The summed E-state index contributed by atoms with van der Waals surface area (Å²) in [6, 6.07) is 9.02. The molecular weight excluding hydrogens is 525 g/mol. The van der Waals surface area contributed by atoms with Gasteiger partial charge in [0.25, 0.3) is 0 Å². The van der Waals surface area contributed by atoms with Crippen LogP contribution in [0.5, 0.6) is 0 Å². The van der Waals surface area contributed by atoms with Crippen LogP contribution in [0.3, 0.4) is 0 Å². The molecule has 1 aliphatic rings. The number of hydrogen-bond acceptors (Lipinski definition) is 5. The zero-order chi connectivity index (χ0) is 24.0. The second kappa shape index (κ2) is 8.35. The van der Waals surface area contributed by atoms with Crippen LogP contribution in [-0.2, 0) is 19.3 Å². The van der Waals surface area contributed by atoms with E-state index >= 15 is 0 Å². The summed E-state index contributed by atoms with van der Waals surface area (Å²) >= 11 is 3.06. The molecule has 34 heavy (non-hydrogen) atoms. The molecular formula is C22H13BrF5N5O. The Balaban J connectivity index is 1.35. The summed E-state index contributed by atoms with van der Waals surface area (Å²) in [6.07, 6.45) is -3.12. The van der Waals surface area contributed by atoms with E-state index in [1.54, 1.807) is 5.01 Å². The van der Waals surface area contributed by atoms with Crippen molar-refractivity contribution < 1.29 is 26.5 Å². The number of nitrogens with zero attached hydrogens (tertiary/aromatic N) is 4. The van der Waals surface area contributed by atoms with E-state index in [2.05, 4.69) is 36.2 Å². The van der Waals surface area contributed by atoms with Gasteiger partial charge in [-0.05, 0) is 24.3 Å². The fourth-order valence-corrected chi connectivity index (χ4v) is 3.95. The highest BCUT2D eigenvalue weighted by molar-refractivity contribution is 9.10. The van der Waals surface area contributed by atoms with E-state index in [9.17, 15) is 22.0 Å². The Bertz CT molecular complexity index is 1410. The van der Waals surface area contributed by atoms with Crippen molar-refractivity contribution >= 4 is 22.1 Å². The molecule has 0 fully saturated rings. The summed E-state index contributed by atoms with van der Waals surface area (Å²) in [5.41, 5.74) is 0.173. The van der Waals surface area contributed by atoms with Gasteiger partial charge in [-0.1, -0.05) is 33.2 Å². The van der Waals surface area contributed by atoms with Gasteiger partial charge in [0.2, 0.25) is 0 Å². The zero-order valence-electron chi connectivity index (χ0n) is 17.0. The van der Waals surface area contributed by atoms with Crippen LogP contribution >= 0.6 is 15.9 Å². The number of aromatic nitrogens is 3. The maximum Gasteiger partial charge on any atom is 0.417 e. The maximum absolute atomic E-state index is 14.1. The van der Waals surface area contributed by atoms with E-state index in [4.69, 9.17) is 4.52 Å². The molecule has 1 aliphatic heterocycles. The first-order chi connectivity index (χ1) is 16.2. The predicted molar refractivity (Wildman–Crippen MR) is 115 cm³/mol. The number of alkyl halides is 3. The van der Waals surface area contributed by atoms with Gasteiger partial charge in [0, 0.05) is 16.1 Å². The number of halogens is 6. The van der Waals surface area contributed by atoms with Crippen molar-refractivity contribution in [3.8, 4) is 22.6 Å². The van der Waals surface area contributed by atoms with Crippen LogP contribution in [-0.4, -0.2) is 26.3 Å². The molecule has 2 aromatic heterocycles. The van der Waals surface area contributed by atoms with Gasteiger partial charge < -0.3 is 9.51 Å². The third-order valence-electron chi connectivity index (χ3n) is 5.16. The average molecular weight is 538 g/mol. The minimum absolute atomic E-state index is 0.0100. The molecule has 0 unspecified atom stereocenters. The van der Waals surface area contributed by atoms with Gasteiger partial charge in [-0.15, -0.1) is 0 Å². The lowest BCUT2D eigenvalue weighted by Crippen LogP contribution is -2.21. The first-order valence-corrected chi connectivity index (χ1v) is 10.6. The van der Waals surface area contributed by atoms with Gasteiger partial charge in [-0.3, -0.25) is 5.01 Å². The molecule has 0 atom stereocenters. The lowest BCUT2D eigenvalue weighted by molar-refractivity contribution is -0.137. The largest absolute Gasteiger partial charge is 0.417 e. The zero-order valence-corrected chi connectivity index (χ0v) is 18.6. The highest BCUT2D eigenvalue weighted by atomic mass is 79.9. The summed E-state index contributed by atoms with van der Waals surface area (Å²) in [5, 5.41) is 9.62. The number of hydrazone groups is 1. The van der Waals surface area contributed by atoms with Crippen molar-refractivity contribution in [2.24, 2.45) is 5.10 Å². The highest BCUT2D eigenvalue weighted by Crippen LogP contribution is 2.38. The molecule has 0 radical (unpaired) electrons. The van der Waals surface area contributed by atoms with Crippen LogP contribution in [0.4, 0.5) is 22.0 Å². The van der Waals surface area contributed by atoms with Crippen molar-refractivity contribution in [3.63, 3.8) is 0 Å². The summed E-state index contributed by atoms with van der Waals surface area (Å²) in [4.78, 5) is 7.23. The van der Waals surface area contributed by atoms with Gasteiger partial charge in [0.05, 0.1) is 36.1 Å². The Morgan fingerprint density at radius 1 is 1.09 bits per heavy atom. The third-order valence-corrected chi connectivity index (χ3v) is 5.65. The van der Waals surface area contributed by atoms with Gasteiger partial charge in [-0.25, -0.2) is 13.8 Å². The van der Waals surface area contributed by atoms with E-state index in [0.717, 1.165) is 12.1 Å². The fourth-order valence-electron chi connectivity index (χ4n) is 3.59. The second-order valence-electron chi connectivity index (χ2n) is 7.48. The lowest BCUT2D eigenvalue weighted by Gasteiger charge is -2.19. The average Bonchev–Trinajstić information content (AvgIpc) is 3.42. The second-order valence-corrected chi connectivity index (χ2v) is 8.40. The Hall–Kier alpha value is -3.54. The van der Waals surface area contributed by atoms with E-state index in [-0.39, 0.29) is 35.7 Å². The van der Waals surface area contributed by atoms with E-state index < -0.39 is 23.4 Å². The topological polar surface area (TPSA) is 70.3 Å². The van der Waals surface area contributed by atoms with Crippen LogP contribution in [0.15, 0.2) is 56.6 Å². The van der Waals surface area contributed by atoms with Crippen molar-refractivity contribution in [1.29, 1.82) is 0 Å². The number of hydrogen-bond donors (Lipinski definition) is 1. The number of rotatable bonds is 4. The standard InChI is InChI=1S/C22H13BrF5N5O/c23-11-4-5-13(15(6-11)22(26,27)28)17-7-12(34-32-17)9-33-10-19-18(8-29-33)30-21(31-19)14-2-1-3-16(24)20(14)25/h1-8H,9-10H2,(H,30,31). The smallest absolute Gasteiger partial charge is 0.359 e. The monoisotopic (exact) mass is 537 g/mol. The Kier molecular flexibility index (Phi) is 5.47. The Labute approximate surface area is 197 Å². The molecule has 0 bridgehead atoms. The molecule has 174 valence electrons. The molecule has 0 saturated carbocycles. The van der Waals surface area contributed by atoms with Gasteiger partial charge in [0.1, 0.15) is 17.2 Å². The number of benzene rings is 2. The molecule has 4 aromatic rings. The van der Waals surface area contributed by atoms with Crippen molar-refractivity contribution in [2.45, 2.75) is 19.3 Å². The summed E-state index contributed by atoms with van der Waals surface area (Å²) < 4.78 is 73.5. The van der Waals surface area contributed by atoms with Gasteiger partial charge >= 0.3 is 6.18 Å². The lowest BCUT2D eigenvalue weighted by atomic mass is 10.0. The van der Waals surface area contributed by atoms with Crippen LogP contribution in [0.2, 0.25) is 0 Å². The van der Waals surface area contributed by atoms with Crippen LogP contribution in [0, 0.1) is 11.6 Å². The van der Waals surface area contributed by atoms with Crippen LogP contribution in [0.25, 0.3) is 22.6 Å². The molecule has 6 nitrogen and oxygen atoms in total. The number of nitrogens with one attached hydrogen (secondary N) is 1. The molecule has 0 aliphatic carbocycles. The summed E-state index contributed by atoms with van der Waals surface area (Å²) in [6.45, 7) is 0.349. The quantitative estimate of drug-likeness (QED) is 0.317. The molecule has 1 N–H and O–H groups in total. The van der Waals surface area contributed by atoms with Crippen molar-refractivity contribution in [3.05, 3.63) is 81.3 Å². The first kappa shape index (κ1) is 22.3. The Morgan fingerprint density at radius 2 is 1.91 bits per heavy atom. The highest BCUT2D eigenvalue weighted by Gasteiger charge is 2.34. The van der Waals surface area contributed by atoms with Crippen LogP contribution < -0.4 is 0 Å². The minimum Gasteiger partial charge on any atom is -0.359 e. The summed E-state index contributed by atoms with van der Waals surface area (Å²) in [5.74, 6) is -1.54. The van der Waals surface area contributed by atoms with Crippen molar-refractivity contribution in [2.75, 3.05) is 0 Å². The molecule has 0 saturated heterocycles. The molecule has 12 heteroatoms. The summed E-state index contributed by atoms with van der Waals surface area (Å²) in [7, 11) is 0. The van der Waals surface area contributed by atoms with E-state index in [1.807, 2.05) is 0 Å². The third kappa shape index (κ3) is 4.20. The molecule has 3 heterocycles. The van der Waals surface area contributed by atoms with Crippen molar-refractivity contribution in [1.82, 2.24) is 20.1 Å². The molecule has 2 aromatic carbocycles. The molecule has 5 rings (SSSR count).